The Morgan fingerprint density at radius 1 is 1.09 bits per heavy atom. The lowest BCUT2D eigenvalue weighted by Crippen LogP contribution is -2.20. The lowest BCUT2D eigenvalue weighted by atomic mass is 9.86. The van der Waals surface area contributed by atoms with Crippen molar-refractivity contribution in [1.29, 1.82) is 0 Å². The number of esters is 1. The molecule has 1 N–H and O–H groups in total. The van der Waals surface area contributed by atoms with Crippen molar-refractivity contribution in [1.82, 2.24) is 0 Å². The normalized spacial score (nSPS) is 16.6. The molecule has 22 heavy (non-hydrogen) atoms. The van der Waals surface area contributed by atoms with Crippen molar-refractivity contribution in [2.45, 2.75) is 12.3 Å². The zero-order valence-electron chi connectivity index (χ0n) is 12.3. The predicted octanol–water partition coefficient (Wildman–Crippen LogP) is 2.85. The van der Waals surface area contributed by atoms with E-state index in [0.717, 1.165) is 11.1 Å². The Morgan fingerprint density at radius 2 is 1.86 bits per heavy atom. The summed E-state index contributed by atoms with van der Waals surface area (Å²) in [6.07, 6.45) is 0.214. The number of ether oxygens (including phenoxy) is 3. The largest absolute Gasteiger partial charge is 0.508 e. The molecule has 1 aliphatic heterocycles. The van der Waals surface area contributed by atoms with E-state index in [1.54, 1.807) is 32.4 Å². The molecule has 5 nitrogen and oxygen atoms in total. The van der Waals surface area contributed by atoms with Crippen molar-refractivity contribution in [2.75, 3.05) is 14.2 Å². The standard InChI is InChI=1S/C17H16O5/c1-20-15-5-3-10(7-16(15)21-2)12-9-17(19)22-14-6-4-11(18)8-13(12)14/h3-8,12,18H,9H2,1-2H3. The van der Waals surface area contributed by atoms with Gasteiger partial charge in [0.25, 0.3) is 0 Å². The van der Waals surface area contributed by atoms with Crippen LogP contribution in [0, 0.1) is 0 Å². The zero-order valence-corrected chi connectivity index (χ0v) is 12.3. The van der Waals surface area contributed by atoms with E-state index in [-0.39, 0.29) is 24.1 Å². The second kappa shape index (κ2) is 5.60. The first-order valence-corrected chi connectivity index (χ1v) is 6.88. The van der Waals surface area contributed by atoms with Crippen LogP contribution in [0.3, 0.4) is 0 Å². The van der Waals surface area contributed by atoms with E-state index in [1.165, 1.54) is 6.07 Å². The number of fused-ring (bicyclic) bond motifs is 1. The monoisotopic (exact) mass is 300 g/mol. The molecule has 0 fully saturated rings. The number of carbonyl (C=O) groups excluding carboxylic acids is 1. The second-order valence-electron chi connectivity index (χ2n) is 5.07. The van der Waals surface area contributed by atoms with Gasteiger partial charge in [-0.1, -0.05) is 6.07 Å². The molecule has 0 spiro atoms. The van der Waals surface area contributed by atoms with E-state index >= 15 is 0 Å². The average Bonchev–Trinajstić information content (AvgIpc) is 2.53. The summed E-state index contributed by atoms with van der Waals surface area (Å²) in [6.45, 7) is 0. The van der Waals surface area contributed by atoms with Crippen LogP contribution in [0.4, 0.5) is 0 Å². The first kappa shape index (κ1) is 14.3. The number of rotatable bonds is 3. The van der Waals surface area contributed by atoms with Crippen molar-refractivity contribution in [3.8, 4) is 23.0 Å². The predicted molar refractivity (Wildman–Crippen MR) is 79.7 cm³/mol. The molecule has 0 saturated carbocycles. The Hall–Kier alpha value is -2.69. The van der Waals surface area contributed by atoms with Gasteiger partial charge in [0.2, 0.25) is 0 Å². The van der Waals surface area contributed by atoms with E-state index in [1.807, 2.05) is 12.1 Å². The third-order valence-electron chi connectivity index (χ3n) is 3.77. The summed E-state index contributed by atoms with van der Waals surface area (Å²) in [5.74, 6) is 1.36. The molecule has 0 aliphatic carbocycles. The highest BCUT2D eigenvalue weighted by atomic mass is 16.5. The molecule has 0 bridgehead atoms. The number of methoxy groups -OCH3 is 2. The summed E-state index contributed by atoms with van der Waals surface area (Å²) in [5.41, 5.74) is 1.69. The molecule has 1 unspecified atom stereocenters. The smallest absolute Gasteiger partial charge is 0.312 e. The Balaban J connectivity index is 2.09. The van der Waals surface area contributed by atoms with Crippen LogP contribution in [0.2, 0.25) is 0 Å². The molecule has 0 aromatic heterocycles. The van der Waals surface area contributed by atoms with Gasteiger partial charge in [-0.2, -0.15) is 0 Å². The second-order valence-corrected chi connectivity index (χ2v) is 5.07. The third kappa shape index (κ3) is 2.45. The number of carbonyl (C=O) groups is 1. The van der Waals surface area contributed by atoms with Crippen LogP contribution in [-0.2, 0) is 4.79 Å². The number of aromatic hydroxyl groups is 1. The molecule has 5 heteroatoms. The number of phenolic OH excluding ortho intramolecular Hbond substituents is 1. The molecule has 0 saturated heterocycles. The lowest BCUT2D eigenvalue weighted by molar-refractivity contribution is -0.135. The van der Waals surface area contributed by atoms with Gasteiger partial charge in [-0.3, -0.25) is 4.79 Å². The quantitative estimate of drug-likeness (QED) is 0.697. The number of phenols is 1. The van der Waals surface area contributed by atoms with E-state index in [2.05, 4.69) is 0 Å². The van der Waals surface area contributed by atoms with Gasteiger partial charge >= 0.3 is 5.97 Å². The van der Waals surface area contributed by atoms with Gasteiger partial charge in [-0.25, -0.2) is 0 Å². The molecular formula is C17H16O5. The van der Waals surface area contributed by atoms with Crippen molar-refractivity contribution >= 4 is 5.97 Å². The van der Waals surface area contributed by atoms with Crippen LogP contribution in [0.1, 0.15) is 23.5 Å². The molecule has 0 radical (unpaired) electrons. The van der Waals surface area contributed by atoms with Crippen LogP contribution >= 0.6 is 0 Å². The van der Waals surface area contributed by atoms with E-state index < -0.39 is 0 Å². The SMILES string of the molecule is COc1ccc(C2CC(=O)Oc3ccc(O)cc32)cc1OC. The maximum Gasteiger partial charge on any atom is 0.312 e. The van der Waals surface area contributed by atoms with Gasteiger partial charge in [-0.15, -0.1) is 0 Å². The Labute approximate surface area is 128 Å². The fourth-order valence-electron chi connectivity index (χ4n) is 2.71. The molecule has 114 valence electrons. The number of hydrogen-bond donors (Lipinski definition) is 1. The maximum absolute atomic E-state index is 11.8. The van der Waals surface area contributed by atoms with Crippen LogP contribution in [0.5, 0.6) is 23.0 Å². The third-order valence-corrected chi connectivity index (χ3v) is 3.77. The van der Waals surface area contributed by atoms with Crippen molar-refractivity contribution in [3.63, 3.8) is 0 Å². The number of benzene rings is 2. The average molecular weight is 300 g/mol. The topological polar surface area (TPSA) is 65.0 Å². The van der Waals surface area contributed by atoms with Gasteiger partial charge in [-0.05, 0) is 35.9 Å². The lowest BCUT2D eigenvalue weighted by Gasteiger charge is -2.25. The highest BCUT2D eigenvalue weighted by Gasteiger charge is 2.29. The first-order valence-electron chi connectivity index (χ1n) is 6.88. The van der Waals surface area contributed by atoms with Crippen LogP contribution in [0.15, 0.2) is 36.4 Å². The molecule has 0 amide bonds. The fraction of sp³-hybridized carbons (Fsp3) is 0.235. The fourth-order valence-corrected chi connectivity index (χ4v) is 2.71. The van der Waals surface area contributed by atoms with Gasteiger partial charge in [0.1, 0.15) is 11.5 Å². The summed E-state index contributed by atoms with van der Waals surface area (Å²) in [7, 11) is 3.14. The highest BCUT2D eigenvalue weighted by Crippen LogP contribution is 2.42. The van der Waals surface area contributed by atoms with Crippen molar-refractivity contribution < 1.29 is 24.1 Å². The van der Waals surface area contributed by atoms with E-state index in [9.17, 15) is 9.90 Å². The van der Waals surface area contributed by atoms with Crippen LogP contribution in [-0.4, -0.2) is 25.3 Å². The van der Waals surface area contributed by atoms with Crippen LogP contribution in [0.25, 0.3) is 0 Å². The minimum absolute atomic E-state index is 0.141. The highest BCUT2D eigenvalue weighted by molar-refractivity contribution is 5.78. The molecular weight excluding hydrogens is 284 g/mol. The molecule has 1 aliphatic rings. The van der Waals surface area contributed by atoms with Gasteiger partial charge in [0.15, 0.2) is 11.5 Å². The first-order chi connectivity index (χ1) is 10.6. The van der Waals surface area contributed by atoms with Crippen molar-refractivity contribution in [3.05, 3.63) is 47.5 Å². The molecule has 2 aromatic carbocycles. The summed E-state index contributed by atoms with van der Waals surface area (Å²) in [4.78, 5) is 11.8. The van der Waals surface area contributed by atoms with E-state index in [0.29, 0.717) is 17.2 Å². The van der Waals surface area contributed by atoms with Crippen LogP contribution < -0.4 is 14.2 Å². The Morgan fingerprint density at radius 3 is 2.59 bits per heavy atom. The van der Waals surface area contributed by atoms with Crippen molar-refractivity contribution in [2.24, 2.45) is 0 Å². The zero-order chi connectivity index (χ0) is 15.7. The molecule has 2 aromatic rings. The summed E-state index contributed by atoms with van der Waals surface area (Å²) in [6, 6.07) is 10.3. The molecule has 3 rings (SSSR count). The van der Waals surface area contributed by atoms with Gasteiger partial charge < -0.3 is 19.3 Å². The Bertz CT molecular complexity index is 723. The number of hydrogen-bond acceptors (Lipinski definition) is 5. The summed E-state index contributed by atoms with van der Waals surface area (Å²) < 4.78 is 15.8. The summed E-state index contributed by atoms with van der Waals surface area (Å²) in [5, 5.41) is 9.72. The minimum atomic E-state index is -0.294. The molecule has 1 heterocycles. The minimum Gasteiger partial charge on any atom is -0.508 e. The maximum atomic E-state index is 11.8. The van der Waals surface area contributed by atoms with E-state index in [4.69, 9.17) is 14.2 Å². The molecule has 1 atom stereocenters. The Kier molecular flexibility index (Phi) is 3.63. The van der Waals surface area contributed by atoms with Gasteiger partial charge in [0, 0.05) is 11.5 Å². The van der Waals surface area contributed by atoms with Gasteiger partial charge in [0.05, 0.1) is 20.6 Å². The summed E-state index contributed by atoms with van der Waals surface area (Å²) >= 11 is 0.